The van der Waals surface area contributed by atoms with Crippen LogP contribution in [0.3, 0.4) is 0 Å². The molecule has 3 aromatic rings. The third kappa shape index (κ3) is 3.15. The molecule has 0 spiro atoms. The first-order valence-electron chi connectivity index (χ1n) is 6.59. The Labute approximate surface area is 127 Å². The lowest BCUT2D eigenvalue weighted by atomic mass is 10.2. The summed E-state index contributed by atoms with van der Waals surface area (Å²) in [4.78, 5) is 4.33. The summed E-state index contributed by atoms with van der Waals surface area (Å²) >= 11 is 6.00. The number of fused-ring (bicyclic) bond motifs is 1. The van der Waals surface area contributed by atoms with E-state index in [2.05, 4.69) is 15.4 Å². The Kier molecular flexibility index (Phi) is 4.03. The fraction of sp³-hybridized carbons (Fsp3) is 0.200. The van der Waals surface area contributed by atoms with E-state index in [1.807, 2.05) is 35.1 Å². The number of nitrogens with zero attached hydrogens (tertiary/aromatic N) is 3. The molecule has 0 radical (unpaired) electrons. The number of benzene rings is 1. The minimum atomic E-state index is 0.637. The van der Waals surface area contributed by atoms with Gasteiger partial charge in [0.1, 0.15) is 0 Å². The number of nitrogens with one attached hydrogen (secondary N) is 1. The largest absolute Gasteiger partial charge is 0.383 e. The summed E-state index contributed by atoms with van der Waals surface area (Å²) in [6.07, 6.45) is 5.50. The highest BCUT2D eigenvalue weighted by atomic mass is 35.5. The monoisotopic (exact) mass is 302 g/mol. The SMILES string of the molecule is COCCn1cc(Nc2ccnc3cc(Cl)ccc23)cn1. The number of pyridine rings is 1. The number of rotatable bonds is 5. The summed E-state index contributed by atoms with van der Waals surface area (Å²) in [5, 5.41) is 9.34. The molecule has 0 amide bonds. The molecular weight excluding hydrogens is 288 g/mol. The van der Waals surface area contributed by atoms with Gasteiger partial charge in [0.25, 0.3) is 0 Å². The highest BCUT2D eigenvalue weighted by molar-refractivity contribution is 6.31. The van der Waals surface area contributed by atoms with E-state index < -0.39 is 0 Å². The molecule has 0 aliphatic heterocycles. The highest BCUT2D eigenvalue weighted by Crippen LogP contribution is 2.26. The van der Waals surface area contributed by atoms with Crippen LogP contribution in [0, 0.1) is 0 Å². The summed E-state index contributed by atoms with van der Waals surface area (Å²) in [5.41, 5.74) is 2.76. The van der Waals surface area contributed by atoms with E-state index in [4.69, 9.17) is 16.3 Å². The van der Waals surface area contributed by atoms with Crippen LogP contribution < -0.4 is 5.32 Å². The Bertz CT molecular complexity index is 756. The molecule has 0 aliphatic carbocycles. The van der Waals surface area contributed by atoms with E-state index in [0.717, 1.165) is 28.8 Å². The van der Waals surface area contributed by atoms with Crippen LogP contribution in [0.5, 0.6) is 0 Å². The van der Waals surface area contributed by atoms with Crippen LogP contribution in [0.4, 0.5) is 11.4 Å². The van der Waals surface area contributed by atoms with Crippen molar-refractivity contribution in [1.82, 2.24) is 14.8 Å². The quantitative estimate of drug-likeness (QED) is 0.784. The highest BCUT2D eigenvalue weighted by Gasteiger charge is 2.04. The molecule has 6 heteroatoms. The van der Waals surface area contributed by atoms with Crippen molar-refractivity contribution in [3.63, 3.8) is 0 Å². The normalized spacial score (nSPS) is 11.0. The van der Waals surface area contributed by atoms with Gasteiger partial charge in [0, 0.05) is 35.6 Å². The van der Waals surface area contributed by atoms with Gasteiger partial charge < -0.3 is 10.1 Å². The zero-order valence-electron chi connectivity index (χ0n) is 11.6. The van der Waals surface area contributed by atoms with Gasteiger partial charge in [0.05, 0.1) is 30.6 Å². The summed E-state index contributed by atoms with van der Waals surface area (Å²) < 4.78 is 6.88. The molecule has 0 saturated carbocycles. The summed E-state index contributed by atoms with van der Waals surface area (Å²) in [6.45, 7) is 1.36. The predicted molar refractivity (Wildman–Crippen MR) is 84.1 cm³/mol. The second-order valence-corrected chi connectivity index (χ2v) is 5.07. The van der Waals surface area contributed by atoms with Crippen molar-refractivity contribution in [2.24, 2.45) is 0 Å². The molecule has 1 aromatic carbocycles. The van der Waals surface area contributed by atoms with Crippen LogP contribution in [0.25, 0.3) is 10.9 Å². The van der Waals surface area contributed by atoms with Gasteiger partial charge in [0.2, 0.25) is 0 Å². The lowest BCUT2D eigenvalue weighted by molar-refractivity contribution is 0.183. The number of hydrogen-bond acceptors (Lipinski definition) is 4. The van der Waals surface area contributed by atoms with Gasteiger partial charge in [-0.25, -0.2) is 0 Å². The zero-order valence-corrected chi connectivity index (χ0v) is 12.3. The van der Waals surface area contributed by atoms with Gasteiger partial charge in [-0.2, -0.15) is 5.10 Å². The smallest absolute Gasteiger partial charge is 0.0770 e. The predicted octanol–water partition coefficient (Wildman–Crippen LogP) is 3.47. The Morgan fingerprint density at radius 3 is 3.10 bits per heavy atom. The first-order chi connectivity index (χ1) is 10.3. The molecule has 0 saturated heterocycles. The average molecular weight is 303 g/mol. The van der Waals surface area contributed by atoms with E-state index in [1.165, 1.54) is 0 Å². The minimum Gasteiger partial charge on any atom is -0.383 e. The van der Waals surface area contributed by atoms with Crippen molar-refractivity contribution in [3.8, 4) is 0 Å². The zero-order chi connectivity index (χ0) is 14.7. The standard InChI is InChI=1S/C15H15ClN4O/c1-21-7-6-20-10-12(9-18-20)19-14-4-5-17-15-8-11(16)2-3-13(14)15/h2-5,8-10H,6-7H2,1H3,(H,17,19). The first-order valence-corrected chi connectivity index (χ1v) is 6.97. The molecule has 5 nitrogen and oxygen atoms in total. The summed E-state index contributed by atoms with van der Waals surface area (Å²) in [6, 6.07) is 7.61. The summed E-state index contributed by atoms with van der Waals surface area (Å²) in [5.74, 6) is 0. The van der Waals surface area contributed by atoms with Gasteiger partial charge in [-0.05, 0) is 24.3 Å². The van der Waals surface area contributed by atoms with Crippen LogP contribution >= 0.6 is 11.6 Å². The van der Waals surface area contributed by atoms with Crippen LogP contribution in [-0.4, -0.2) is 28.5 Å². The topological polar surface area (TPSA) is 52.0 Å². The molecule has 2 heterocycles. The second-order valence-electron chi connectivity index (χ2n) is 4.63. The van der Waals surface area contributed by atoms with E-state index in [1.54, 1.807) is 19.5 Å². The van der Waals surface area contributed by atoms with Crippen LogP contribution in [0.1, 0.15) is 0 Å². The van der Waals surface area contributed by atoms with Gasteiger partial charge in [0.15, 0.2) is 0 Å². The van der Waals surface area contributed by atoms with E-state index in [-0.39, 0.29) is 0 Å². The number of methoxy groups -OCH3 is 1. The summed E-state index contributed by atoms with van der Waals surface area (Å²) in [7, 11) is 1.68. The Morgan fingerprint density at radius 1 is 1.33 bits per heavy atom. The average Bonchev–Trinajstić information content (AvgIpc) is 2.92. The molecule has 21 heavy (non-hydrogen) atoms. The Morgan fingerprint density at radius 2 is 2.24 bits per heavy atom. The molecule has 3 rings (SSSR count). The van der Waals surface area contributed by atoms with Crippen molar-refractivity contribution < 1.29 is 4.74 Å². The van der Waals surface area contributed by atoms with Gasteiger partial charge in [-0.15, -0.1) is 0 Å². The molecule has 2 aromatic heterocycles. The van der Waals surface area contributed by atoms with Crippen molar-refractivity contribution in [2.45, 2.75) is 6.54 Å². The van der Waals surface area contributed by atoms with E-state index in [0.29, 0.717) is 11.6 Å². The van der Waals surface area contributed by atoms with Crippen LogP contribution in [0.15, 0.2) is 42.9 Å². The number of anilines is 2. The minimum absolute atomic E-state index is 0.637. The molecule has 108 valence electrons. The molecular formula is C15H15ClN4O. The molecule has 0 unspecified atom stereocenters. The lowest BCUT2D eigenvalue weighted by Crippen LogP contribution is -2.03. The number of ether oxygens (including phenoxy) is 1. The number of hydrogen-bond donors (Lipinski definition) is 1. The van der Waals surface area contributed by atoms with Gasteiger partial charge in [-0.3, -0.25) is 9.67 Å². The maximum absolute atomic E-state index is 6.00. The fourth-order valence-electron chi connectivity index (χ4n) is 2.12. The van der Waals surface area contributed by atoms with Crippen molar-refractivity contribution in [1.29, 1.82) is 0 Å². The maximum atomic E-state index is 6.00. The van der Waals surface area contributed by atoms with E-state index >= 15 is 0 Å². The Hall–Kier alpha value is -2.11. The fourth-order valence-corrected chi connectivity index (χ4v) is 2.29. The van der Waals surface area contributed by atoms with Crippen LogP contribution in [-0.2, 0) is 11.3 Å². The van der Waals surface area contributed by atoms with E-state index in [9.17, 15) is 0 Å². The second kappa shape index (κ2) is 6.11. The number of halogens is 1. The number of aromatic nitrogens is 3. The molecule has 0 bridgehead atoms. The van der Waals surface area contributed by atoms with Crippen LogP contribution in [0.2, 0.25) is 5.02 Å². The third-order valence-electron chi connectivity index (χ3n) is 3.14. The molecule has 1 N–H and O–H groups in total. The van der Waals surface area contributed by atoms with Crippen molar-refractivity contribution >= 4 is 33.9 Å². The van der Waals surface area contributed by atoms with Gasteiger partial charge >= 0.3 is 0 Å². The third-order valence-corrected chi connectivity index (χ3v) is 3.38. The van der Waals surface area contributed by atoms with Crippen molar-refractivity contribution in [3.05, 3.63) is 47.9 Å². The maximum Gasteiger partial charge on any atom is 0.0770 e. The molecule has 0 fully saturated rings. The molecule has 0 atom stereocenters. The van der Waals surface area contributed by atoms with Gasteiger partial charge in [-0.1, -0.05) is 11.6 Å². The first kappa shape index (κ1) is 13.9. The Balaban J connectivity index is 1.86. The molecule has 0 aliphatic rings. The lowest BCUT2D eigenvalue weighted by Gasteiger charge is -2.07. The van der Waals surface area contributed by atoms with Crippen molar-refractivity contribution in [2.75, 3.05) is 19.0 Å².